The van der Waals surface area contributed by atoms with Crippen molar-refractivity contribution >= 4 is 11.8 Å². The van der Waals surface area contributed by atoms with E-state index in [1.807, 2.05) is 30.5 Å². The van der Waals surface area contributed by atoms with Crippen LogP contribution in [0.2, 0.25) is 0 Å². The topological polar surface area (TPSA) is 17.8 Å². The van der Waals surface area contributed by atoms with Crippen LogP contribution < -0.4 is 0 Å². The van der Waals surface area contributed by atoms with Crippen LogP contribution in [0.4, 0.5) is 0 Å². The summed E-state index contributed by atoms with van der Waals surface area (Å²) in [5, 5.41) is 0. The zero-order chi connectivity index (χ0) is 16.1. The first-order valence-electron chi connectivity index (χ1n) is 8.01. The Morgan fingerprint density at radius 2 is 1.65 bits per heavy atom. The molecule has 0 bridgehead atoms. The lowest BCUT2D eigenvalue weighted by Crippen LogP contribution is -2.13. The minimum absolute atomic E-state index is 0.521. The van der Waals surface area contributed by atoms with Gasteiger partial charge in [-0.1, -0.05) is 55.9 Å². The Morgan fingerprint density at radius 3 is 2.30 bits per heavy atom. The summed E-state index contributed by atoms with van der Waals surface area (Å²) in [6.07, 6.45) is 5.76. The van der Waals surface area contributed by atoms with E-state index in [4.69, 9.17) is 0 Å². The Labute approximate surface area is 142 Å². The second-order valence-corrected chi connectivity index (χ2v) is 7.16. The molecule has 0 aliphatic rings. The standard InChI is InChI=1S/C20H22N2S/c1-16(14-22-13-12-21-15-22)17(2)18-8-10-20(11-9-18)23-19-6-4-3-5-7-19/h3-13,15-17H,14H2,1-2H3. The lowest BCUT2D eigenvalue weighted by atomic mass is 9.89. The molecule has 1 heterocycles. The SMILES string of the molecule is CC(Cn1ccnc1)C(C)c1ccc(Sc2ccccc2)cc1. The van der Waals surface area contributed by atoms with Crippen molar-refractivity contribution in [2.75, 3.05) is 0 Å². The van der Waals surface area contributed by atoms with Gasteiger partial charge >= 0.3 is 0 Å². The molecule has 1 aromatic heterocycles. The third-order valence-electron chi connectivity index (χ3n) is 4.30. The number of benzene rings is 2. The highest BCUT2D eigenvalue weighted by Gasteiger charge is 2.14. The molecule has 3 heteroatoms. The summed E-state index contributed by atoms with van der Waals surface area (Å²) < 4.78 is 2.15. The van der Waals surface area contributed by atoms with Crippen molar-refractivity contribution in [3.8, 4) is 0 Å². The van der Waals surface area contributed by atoms with E-state index in [9.17, 15) is 0 Å². The number of imidazole rings is 1. The molecule has 2 aromatic carbocycles. The molecule has 0 spiro atoms. The lowest BCUT2D eigenvalue weighted by Gasteiger charge is -2.21. The second-order valence-electron chi connectivity index (χ2n) is 6.01. The van der Waals surface area contributed by atoms with Crippen molar-refractivity contribution in [3.63, 3.8) is 0 Å². The Balaban J connectivity index is 1.64. The number of hydrogen-bond acceptors (Lipinski definition) is 2. The highest BCUT2D eigenvalue weighted by atomic mass is 32.2. The number of hydrogen-bond donors (Lipinski definition) is 0. The number of aromatic nitrogens is 2. The van der Waals surface area contributed by atoms with Crippen LogP contribution in [0.5, 0.6) is 0 Å². The third kappa shape index (κ3) is 4.26. The normalized spacial score (nSPS) is 13.7. The number of nitrogens with zero attached hydrogens (tertiary/aromatic N) is 2. The van der Waals surface area contributed by atoms with Crippen LogP contribution in [-0.4, -0.2) is 9.55 Å². The summed E-state index contributed by atoms with van der Waals surface area (Å²) >= 11 is 1.81. The molecule has 2 atom stereocenters. The van der Waals surface area contributed by atoms with Crippen LogP contribution in [0.15, 0.2) is 83.1 Å². The van der Waals surface area contributed by atoms with E-state index in [-0.39, 0.29) is 0 Å². The van der Waals surface area contributed by atoms with E-state index < -0.39 is 0 Å². The molecular weight excluding hydrogens is 300 g/mol. The zero-order valence-corrected chi connectivity index (χ0v) is 14.4. The summed E-state index contributed by atoms with van der Waals surface area (Å²) in [6.45, 7) is 5.61. The van der Waals surface area contributed by atoms with Crippen molar-refractivity contribution in [2.45, 2.75) is 36.1 Å². The molecule has 2 unspecified atom stereocenters. The highest BCUT2D eigenvalue weighted by molar-refractivity contribution is 7.99. The summed E-state index contributed by atoms with van der Waals surface area (Å²) in [5.41, 5.74) is 1.40. The van der Waals surface area contributed by atoms with Gasteiger partial charge in [-0.3, -0.25) is 0 Å². The molecule has 0 N–H and O–H groups in total. The third-order valence-corrected chi connectivity index (χ3v) is 5.31. The lowest BCUT2D eigenvalue weighted by molar-refractivity contribution is 0.417. The first kappa shape index (κ1) is 15.9. The van der Waals surface area contributed by atoms with Gasteiger partial charge in [-0.15, -0.1) is 0 Å². The van der Waals surface area contributed by atoms with Crippen LogP contribution >= 0.6 is 11.8 Å². The number of rotatable bonds is 6. The van der Waals surface area contributed by atoms with Gasteiger partial charge in [-0.2, -0.15) is 0 Å². The quantitative estimate of drug-likeness (QED) is 0.598. The molecule has 0 radical (unpaired) electrons. The fourth-order valence-corrected chi connectivity index (χ4v) is 3.52. The predicted octanol–water partition coefficient (Wildman–Crippen LogP) is 5.47. The van der Waals surface area contributed by atoms with Gasteiger partial charge in [0.15, 0.2) is 0 Å². The largest absolute Gasteiger partial charge is 0.337 e. The van der Waals surface area contributed by atoms with E-state index in [0.717, 1.165) is 6.54 Å². The molecule has 0 aliphatic heterocycles. The maximum atomic E-state index is 4.12. The molecule has 0 saturated heterocycles. The molecule has 0 saturated carbocycles. The molecule has 0 aliphatic carbocycles. The van der Waals surface area contributed by atoms with Gasteiger partial charge in [0, 0.05) is 28.7 Å². The van der Waals surface area contributed by atoms with Crippen LogP contribution in [-0.2, 0) is 6.54 Å². The van der Waals surface area contributed by atoms with E-state index in [2.05, 4.69) is 78.0 Å². The van der Waals surface area contributed by atoms with Gasteiger partial charge in [0.1, 0.15) is 0 Å². The van der Waals surface area contributed by atoms with Gasteiger partial charge < -0.3 is 4.57 Å². The van der Waals surface area contributed by atoms with E-state index in [1.54, 1.807) is 0 Å². The predicted molar refractivity (Wildman–Crippen MR) is 96.8 cm³/mol. The Morgan fingerprint density at radius 1 is 0.957 bits per heavy atom. The molecule has 23 heavy (non-hydrogen) atoms. The Kier molecular flexibility index (Phi) is 5.19. The second kappa shape index (κ2) is 7.51. The van der Waals surface area contributed by atoms with Crippen LogP contribution in [0, 0.1) is 5.92 Å². The molecular formula is C20H22N2S. The van der Waals surface area contributed by atoms with Crippen molar-refractivity contribution < 1.29 is 0 Å². The van der Waals surface area contributed by atoms with Crippen LogP contribution in [0.3, 0.4) is 0 Å². The molecule has 2 nitrogen and oxygen atoms in total. The van der Waals surface area contributed by atoms with Crippen molar-refractivity contribution in [1.82, 2.24) is 9.55 Å². The van der Waals surface area contributed by atoms with E-state index in [1.165, 1.54) is 15.4 Å². The fraction of sp³-hybridized carbons (Fsp3) is 0.250. The first-order chi connectivity index (χ1) is 11.2. The van der Waals surface area contributed by atoms with Crippen LogP contribution in [0.1, 0.15) is 25.3 Å². The van der Waals surface area contributed by atoms with Gasteiger partial charge in [0.25, 0.3) is 0 Å². The van der Waals surface area contributed by atoms with Crippen molar-refractivity contribution in [2.24, 2.45) is 5.92 Å². The van der Waals surface area contributed by atoms with Gasteiger partial charge in [-0.25, -0.2) is 4.98 Å². The molecule has 0 fully saturated rings. The summed E-state index contributed by atoms with van der Waals surface area (Å²) in [7, 11) is 0. The van der Waals surface area contributed by atoms with E-state index >= 15 is 0 Å². The summed E-state index contributed by atoms with van der Waals surface area (Å²) in [6, 6.07) is 19.5. The van der Waals surface area contributed by atoms with Crippen molar-refractivity contribution in [3.05, 3.63) is 78.9 Å². The monoisotopic (exact) mass is 322 g/mol. The zero-order valence-electron chi connectivity index (χ0n) is 13.6. The molecule has 118 valence electrons. The summed E-state index contributed by atoms with van der Waals surface area (Å²) in [5.74, 6) is 1.09. The van der Waals surface area contributed by atoms with E-state index in [0.29, 0.717) is 11.8 Å². The Bertz CT molecular complexity index is 705. The Hall–Kier alpha value is -2.00. The van der Waals surface area contributed by atoms with Gasteiger partial charge in [0.05, 0.1) is 6.33 Å². The van der Waals surface area contributed by atoms with Gasteiger partial charge in [0.2, 0.25) is 0 Å². The summed E-state index contributed by atoms with van der Waals surface area (Å²) in [4.78, 5) is 6.68. The van der Waals surface area contributed by atoms with Gasteiger partial charge in [-0.05, 0) is 41.7 Å². The highest BCUT2D eigenvalue weighted by Crippen LogP contribution is 2.30. The maximum Gasteiger partial charge on any atom is 0.0945 e. The molecule has 0 amide bonds. The average Bonchev–Trinajstić information content (AvgIpc) is 3.09. The molecule has 3 aromatic rings. The molecule has 3 rings (SSSR count). The van der Waals surface area contributed by atoms with Crippen LogP contribution in [0.25, 0.3) is 0 Å². The van der Waals surface area contributed by atoms with Crippen molar-refractivity contribution in [1.29, 1.82) is 0 Å². The fourth-order valence-electron chi connectivity index (χ4n) is 2.68. The first-order valence-corrected chi connectivity index (χ1v) is 8.82. The minimum atomic E-state index is 0.521. The average molecular weight is 322 g/mol. The smallest absolute Gasteiger partial charge is 0.0945 e. The maximum absolute atomic E-state index is 4.12. The minimum Gasteiger partial charge on any atom is -0.337 e.